The van der Waals surface area contributed by atoms with Gasteiger partial charge in [0.15, 0.2) is 0 Å². The maximum atomic E-state index is 14.3. The Balaban J connectivity index is 1.24. The second-order valence-corrected chi connectivity index (χ2v) is 13.4. The van der Waals surface area contributed by atoms with E-state index in [0.29, 0.717) is 6.42 Å². The molecule has 2 heterocycles. The van der Waals surface area contributed by atoms with E-state index in [4.69, 9.17) is 0 Å². The molecule has 40 heavy (non-hydrogen) atoms. The van der Waals surface area contributed by atoms with Gasteiger partial charge in [0.2, 0.25) is 23.6 Å². The quantitative estimate of drug-likeness (QED) is 0.394. The van der Waals surface area contributed by atoms with Crippen LogP contribution in [0, 0.1) is 41.4 Å². The molecule has 0 radical (unpaired) electrons. The van der Waals surface area contributed by atoms with Crippen LogP contribution in [0.25, 0.3) is 5.57 Å². The monoisotopic (exact) mass is 538 g/mol. The summed E-state index contributed by atoms with van der Waals surface area (Å²) in [5, 5.41) is 0. The molecule has 0 N–H and O–H groups in total. The first kappa shape index (κ1) is 24.8. The van der Waals surface area contributed by atoms with Crippen molar-refractivity contribution in [2.75, 3.05) is 0 Å². The average molecular weight is 539 g/mol. The van der Waals surface area contributed by atoms with Crippen LogP contribution in [0.15, 0.2) is 48.1 Å². The van der Waals surface area contributed by atoms with Crippen molar-refractivity contribution in [3.63, 3.8) is 0 Å². The van der Waals surface area contributed by atoms with Crippen molar-refractivity contribution in [3.05, 3.63) is 53.6 Å². The Labute approximate surface area is 235 Å². The van der Waals surface area contributed by atoms with Crippen LogP contribution in [0.1, 0.15) is 76.2 Å². The fourth-order valence-corrected chi connectivity index (χ4v) is 9.96. The van der Waals surface area contributed by atoms with Gasteiger partial charge in [-0.1, -0.05) is 86.6 Å². The van der Waals surface area contributed by atoms with E-state index in [9.17, 15) is 19.2 Å². The fourth-order valence-electron chi connectivity index (χ4n) is 9.96. The first-order valence-corrected chi connectivity index (χ1v) is 15.8. The topological polar surface area (TPSA) is 74.8 Å². The number of fused-ring (bicyclic) bond motifs is 1. The molecule has 8 aliphatic rings. The number of allylic oxidation sites excluding steroid dienone is 4. The molecule has 4 amide bonds. The SMILES string of the molecule is O=C1[C@@H]2[C@H]3C(=C(c4ccccc4)C[C@H]2C(=O)N1C1CCCCC1)[C@H]1C=C[C@@H]3[C@@H]2C(=O)N(C3CCCCC3)C(=O)[C@@H]21. The van der Waals surface area contributed by atoms with Gasteiger partial charge in [0.05, 0.1) is 23.7 Å². The van der Waals surface area contributed by atoms with Gasteiger partial charge in [-0.05, 0) is 49.2 Å². The van der Waals surface area contributed by atoms with Gasteiger partial charge in [0, 0.05) is 23.9 Å². The molecule has 6 aliphatic carbocycles. The highest BCUT2D eigenvalue weighted by Gasteiger charge is 2.67. The Morgan fingerprint density at radius 2 is 1.15 bits per heavy atom. The zero-order valence-corrected chi connectivity index (χ0v) is 23.0. The standard InChI is InChI=1S/C34H38N2O4/c37-31-25-18-24(19-10-4-1-5-11-19)26-22-16-17-23(27(26)30(25)34(40)35(31)20-12-6-2-7-13-20)29-28(22)32(38)36(33(29)39)21-14-8-3-9-15-21/h1,4-5,10-11,16-17,20-23,25,27-30H,2-3,6-9,12-15,18H2/t22-,23+,25-,27-,28-,29+,30+/m1/s1. The molecule has 5 fully saturated rings. The van der Waals surface area contributed by atoms with Gasteiger partial charge in [-0.15, -0.1) is 0 Å². The zero-order valence-electron chi connectivity index (χ0n) is 23.0. The van der Waals surface area contributed by atoms with Crippen molar-refractivity contribution >= 4 is 29.2 Å². The van der Waals surface area contributed by atoms with Crippen LogP contribution in [-0.2, 0) is 19.2 Å². The fraction of sp³-hybridized carbons (Fsp3) is 0.588. The molecule has 7 atom stereocenters. The lowest BCUT2D eigenvalue weighted by Crippen LogP contribution is -2.51. The summed E-state index contributed by atoms with van der Waals surface area (Å²) in [6.07, 6.45) is 15.0. The zero-order chi connectivity index (χ0) is 27.1. The normalized spacial score (nSPS) is 37.9. The maximum absolute atomic E-state index is 14.3. The van der Waals surface area contributed by atoms with Crippen molar-refractivity contribution in [1.29, 1.82) is 0 Å². The largest absolute Gasteiger partial charge is 0.279 e. The molecule has 0 unspecified atom stereocenters. The second kappa shape index (κ2) is 9.25. The smallest absolute Gasteiger partial charge is 0.234 e. The summed E-state index contributed by atoms with van der Waals surface area (Å²) in [7, 11) is 0. The summed E-state index contributed by atoms with van der Waals surface area (Å²) in [6, 6.07) is 10.2. The minimum Gasteiger partial charge on any atom is -0.279 e. The molecule has 0 aromatic heterocycles. The van der Waals surface area contributed by atoms with E-state index >= 15 is 0 Å². The van der Waals surface area contributed by atoms with Gasteiger partial charge in [0.1, 0.15) is 0 Å². The highest BCUT2D eigenvalue weighted by molar-refractivity contribution is 6.09. The lowest BCUT2D eigenvalue weighted by Gasteiger charge is -2.51. The molecule has 2 aliphatic heterocycles. The Morgan fingerprint density at radius 1 is 0.575 bits per heavy atom. The molecule has 2 saturated heterocycles. The third-order valence-electron chi connectivity index (χ3n) is 11.6. The van der Waals surface area contributed by atoms with Crippen LogP contribution in [0.3, 0.4) is 0 Å². The molecule has 1 aromatic carbocycles. The predicted molar refractivity (Wildman–Crippen MR) is 149 cm³/mol. The number of hydrogen-bond acceptors (Lipinski definition) is 4. The summed E-state index contributed by atoms with van der Waals surface area (Å²) in [6.45, 7) is 0. The van der Waals surface area contributed by atoms with Crippen molar-refractivity contribution in [1.82, 2.24) is 9.80 Å². The highest BCUT2D eigenvalue weighted by Crippen LogP contribution is 2.63. The minimum atomic E-state index is -0.429. The molecule has 2 bridgehead atoms. The van der Waals surface area contributed by atoms with Gasteiger partial charge in [-0.2, -0.15) is 0 Å². The number of rotatable bonds is 3. The maximum Gasteiger partial charge on any atom is 0.234 e. The van der Waals surface area contributed by atoms with Gasteiger partial charge in [0.25, 0.3) is 0 Å². The second-order valence-electron chi connectivity index (χ2n) is 13.4. The molecule has 1 aromatic rings. The van der Waals surface area contributed by atoms with E-state index in [-0.39, 0.29) is 65.3 Å². The molecule has 6 nitrogen and oxygen atoms in total. The molecular formula is C34H38N2O4. The van der Waals surface area contributed by atoms with Crippen molar-refractivity contribution in [2.45, 2.75) is 82.7 Å². The van der Waals surface area contributed by atoms with E-state index in [1.807, 2.05) is 18.2 Å². The third kappa shape index (κ3) is 3.34. The van der Waals surface area contributed by atoms with E-state index in [1.165, 1.54) is 12.0 Å². The summed E-state index contributed by atoms with van der Waals surface area (Å²) in [5.74, 6) is -2.26. The van der Waals surface area contributed by atoms with E-state index in [1.54, 1.807) is 9.80 Å². The van der Waals surface area contributed by atoms with Crippen LogP contribution >= 0.6 is 0 Å². The summed E-state index contributed by atoms with van der Waals surface area (Å²) < 4.78 is 0. The number of amides is 4. The van der Waals surface area contributed by atoms with E-state index < -0.39 is 11.8 Å². The molecule has 9 rings (SSSR count). The molecule has 208 valence electrons. The van der Waals surface area contributed by atoms with Gasteiger partial charge >= 0.3 is 0 Å². The average Bonchev–Trinajstić information content (AvgIpc) is 3.43. The van der Waals surface area contributed by atoms with Gasteiger partial charge in [-0.3, -0.25) is 29.0 Å². The number of nitrogens with zero attached hydrogens (tertiary/aromatic N) is 2. The number of likely N-dealkylation sites (tertiary alicyclic amines) is 2. The van der Waals surface area contributed by atoms with Gasteiger partial charge < -0.3 is 0 Å². The number of carbonyl (C=O) groups excluding carboxylic acids is 4. The van der Waals surface area contributed by atoms with Crippen molar-refractivity contribution < 1.29 is 19.2 Å². The lowest BCUT2D eigenvalue weighted by molar-refractivity contribution is -0.145. The Morgan fingerprint density at radius 3 is 1.80 bits per heavy atom. The van der Waals surface area contributed by atoms with Crippen LogP contribution < -0.4 is 0 Å². The summed E-state index contributed by atoms with van der Waals surface area (Å²) in [4.78, 5) is 59.8. The Hall–Kier alpha value is -3.02. The Bertz CT molecular complexity index is 1330. The molecular weight excluding hydrogens is 500 g/mol. The summed E-state index contributed by atoms with van der Waals surface area (Å²) >= 11 is 0. The third-order valence-corrected chi connectivity index (χ3v) is 11.6. The number of carbonyl (C=O) groups is 4. The van der Waals surface area contributed by atoms with Crippen LogP contribution in [0.2, 0.25) is 0 Å². The van der Waals surface area contributed by atoms with Gasteiger partial charge in [-0.25, -0.2) is 0 Å². The first-order valence-electron chi connectivity index (χ1n) is 15.8. The number of imide groups is 2. The highest BCUT2D eigenvalue weighted by atomic mass is 16.2. The number of hydrogen-bond donors (Lipinski definition) is 0. The molecule has 6 heteroatoms. The summed E-state index contributed by atoms with van der Waals surface area (Å²) in [5.41, 5.74) is 3.38. The van der Waals surface area contributed by atoms with Crippen LogP contribution in [-0.4, -0.2) is 45.5 Å². The van der Waals surface area contributed by atoms with Crippen LogP contribution in [0.5, 0.6) is 0 Å². The number of benzene rings is 1. The predicted octanol–water partition coefficient (Wildman–Crippen LogP) is 5.14. The molecule has 3 saturated carbocycles. The van der Waals surface area contributed by atoms with Crippen LogP contribution in [0.4, 0.5) is 0 Å². The minimum absolute atomic E-state index is 0.000563. The molecule has 0 spiro atoms. The van der Waals surface area contributed by atoms with Crippen molar-refractivity contribution in [2.24, 2.45) is 41.4 Å². The first-order chi connectivity index (χ1) is 19.6. The van der Waals surface area contributed by atoms with Crippen molar-refractivity contribution in [3.8, 4) is 0 Å². The lowest BCUT2D eigenvalue weighted by atomic mass is 9.49. The van der Waals surface area contributed by atoms with E-state index in [2.05, 4.69) is 24.3 Å². The van der Waals surface area contributed by atoms with E-state index in [0.717, 1.165) is 68.9 Å². The Kier molecular flexibility index (Phi) is 5.72.